The van der Waals surface area contributed by atoms with Crippen molar-refractivity contribution in [1.29, 1.82) is 5.26 Å². The Morgan fingerprint density at radius 1 is 1.00 bits per heavy atom. The van der Waals surface area contributed by atoms with Crippen LogP contribution >= 0.6 is 7.75 Å². The van der Waals surface area contributed by atoms with Crippen molar-refractivity contribution < 1.29 is 51.7 Å². The summed E-state index contributed by atoms with van der Waals surface area (Å²) in [4.78, 5) is 57.6. The van der Waals surface area contributed by atoms with Crippen molar-refractivity contribution in [3.63, 3.8) is 0 Å². The van der Waals surface area contributed by atoms with Crippen LogP contribution in [0.4, 0.5) is 5.82 Å². The van der Waals surface area contributed by atoms with Crippen LogP contribution in [-0.2, 0) is 42.4 Å². The quantitative estimate of drug-likeness (QED) is 0.136. The van der Waals surface area contributed by atoms with Gasteiger partial charge in [-0.1, -0.05) is 27.7 Å². The number of carbonyl (C=O) groups is 4. The van der Waals surface area contributed by atoms with Gasteiger partial charge in [-0.25, -0.2) is 14.1 Å². The number of esters is 3. The molecule has 3 heterocycles. The Morgan fingerprint density at radius 3 is 2.22 bits per heavy atom. The van der Waals surface area contributed by atoms with Crippen LogP contribution in [0, 0.1) is 23.2 Å². The van der Waals surface area contributed by atoms with E-state index in [1.807, 2.05) is 6.07 Å². The van der Waals surface area contributed by atoms with Crippen LogP contribution in [0.15, 0.2) is 42.7 Å². The number of hydrogen-bond donors (Lipinski definition) is 2. The maximum absolute atomic E-state index is 14.9. The number of ether oxygens (including phenoxy) is 4. The second-order valence-electron chi connectivity index (χ2n) is 14.1. The topological polar surface area (TPSA) is 236 Å². The Labute approximate surface area is 311 Å². The van der Waals surface area contributed by atoms with Crippen LogP contribution < -0.4 is 15.3 Å². The molecule has 1 aliphatic heterocycles. The molecule has 2 fully saturated rings. The number of amides is 1. The van der Waals surface area contributed by atoms with Gasteiger partial charge in [0, 0.05) is 19.7 Å². The highest BCUT2D eigenvalue weighted by Crippen LogP contribution is 2.71. The molecule has 3 aromatic rings. The zero-order valence-corrected chi connectivity index (χ0v) is 32.2. The van der Waals surface area contributed by atoms with Crippen LogP contribution in [0.1, 0.15) is 70.6 Å². The first-order valence-electron chi connectivity index (χ1n) is 17.2. The molecule has 1 saturated carbocycles. The summed E-state index contributed by atoms with van der Waals surface area (Å²) in [6, 6.07) is 9.48. The predicted octanol–water partition coefficient (Wildman–Crippen LogP) is 3.37. The number of nitrogen functional groups attached to an aromatic ring is 1. The molecule has 19 heteroatoms. The Kier molecular flexibility index (Phi) is 11.1. The number of rotatable bonds is 14. The number of anilines is 1. The average molecular weight is 770 g/mol. The molecular weight excluding hydrogens is 725 g/mol. The molecule has 54 heavy (non-hydrogen) atoms. The van der Waals surface area contributed by atoms with Gasteiger partial charge in [-0.2, -0.15) is 15.4 Å². The second-order valence-corrected chi connectivity index (χ2v) is 15.7. The van der Waals surface area contributed by atoms with Crippen molar-refractivity contribution >= 4 is 42.9 Å². The van der Waals surface area contributed by atoms with E-state index in [1.165, 1.54) is 46.9 Å². The zero-order chi connectivity index (χ0) is 39.9. The number of aromatic nitrogens is 3. The van der Waals surface area contributed by atoms with Crippen LogP contribution in [0.3, 0.4) is 0 Å². The van der Waals surface area contributed by atoms with E-state index in [0.29, 0.717) is 11.1 Å². The molecule has 7 atom stereocenters. The number of nitriles is 1. The molecule has 0 radical (unpaired) electrons. The van der Waals surface area contributed by atoms with Gasteiger partial charge in [-0.05, 0) is 57.2 Å². The molecule has 1 saturated heterocycles. The fourth-order valence-corrected chi connectivity index (χ4v) is 7.64. The Bertz CT molecular complexity index is 2030. The fourth-order valence-electron chi connectivity index (χ4n) is 5.92. The maximum atomic E-state index is 14.9. The summed E-state index contributed by atoms with van der Waals surface area (Å²) in [5, 5.41) is 17.7. The minimum atomic E-state index is -4.82. The molecule has 1 unspecified atom stereocenters. The van der Waals surface area contributed by atoms with Crippen molar-refractivity contribution in [3.8, 4) is 11.8 Å². The minimum Gasteiger partial charge on any atom is -0.462 e. The highest BCUT2D eigenvalue weighted by atomic mass is 31.2. The molecule has 2 aliphatic rings. The van der Waals surface area contributed by atoms with Gasteiger partial charge in [-0.3, -0.25) is 23.7 Å². The Morgan fingerprint density at radius 2 is 1.65 bits per heavy atom. The van der Waals surface area contributed by atoms with Crippen molar-refractivity contribution in [2.24, 2.45) is 11.8 Å². The smallest absolute Gasteiger partial charge is 0.460 e. The molecule has 3 N–H and O–H groups in total. The molecule has 2 aromatic heterocycles. The van der Waals surface area contributed by atoms with Crippen molar-refractivity contribution in [3.05, 3.63) is 54.0 Å². The van der Waals surface area contributed by atoms with E-state index in [1.54, 1.807) is 67.8 Å². The third kappa shape index (κ3) is 7.24. The van der Waals surface area contributed by atoms with Crippen molar-refractivity contribution in [1.82, 2.24) is 24.6 Å². The monoisotopic (exact) mass is 769 g/mol. The average Bonchev–Trinajstić information content (AvgIpc) is 3.34. The molecule has 1 aliphatic carbocycles. The summed E-state index contributed by atoms with van der Waals surface area (Å²) < 4.78 is 52.1. The number of nitrogens with one attached hydrogen (secondary N) is 1. The van der Waals surface area contributed by atoms with E-state index < -0.39 is 79.2 Å². The summed E-state index contributed by atoms with van der Waals surface area (Å²) in [5.74, 6) is -4.05. The van der Waals surface area contributed by atoms with Gasteiger partial charge in [0.25, 0.3) is 5.91 Å². The molecule has 18 nitrogen and oxygen atoms in total. The SMILES string of the molecule is CC(C)OC(=O)[C@H](C)N[P@@](=O)(Oc1ccc(C(=O)N(C)C)cc1)OC1[C@@]2(C#N)O[C@@H](c3ccc4c(N)ncnn34)[C@H](OC(=O)C(C)C)[C@@]12OC(=O)C(C)C. The Hall–Kier alpha value is -5.08. The highest BCUT2D eigenvalue weighted by molar-refractivity contribution is 7.52. The van der Waals surface area contributed by atoms with Gasteiger partial charge in [0.1, 0.15) is 35.8 Å². The van der Waals surface area contributed by atoms with E-state index in [-0.39, 0.29) is 23.2 Å². The van der Waals surface area contributed by atoms with Crippen LogP contribution in [0.2, 0.25) is 0 Å². The van der Waals surface area contributed by atoms with Gasteiger partial charge in [-0.15, -0.1) is 0 Å². The molecule has 290 valence electrons. The summed E-state index contributed by atoms with van der Waals surface area (Å²) in [6.45, 7) is 10.9. The third-order valence-electron chi connectivity index (χ3n) is 8.72. The lowest BCUT2D eigenvalue weighted by Crippen LogP contribution is -2.45. The fraction of sp³-hybridized carbons (Fsp3) is 0.514. The number of carbonyl (C=O) groups excluding carboxylic acids is 4. The lowest BCUT2D eigenvalue weighted by Gasteiger charge is -2.30. The van der Waals surface area contributed by atoms with Crippen LogP contribution in [0.25, 0.3) is 5.52 Å². The molecule has 0 spiro atoms. The first-order chi connectivity index (χ1) is 25.3. The van der Waals surface area contributed by atoms with Crippen molar-refractivity contribution in [2.75, 3.05) is 19.8 Å². The van der Waals surface area contributed by atoms with E-state index in [0.717, 1.165) is 0 Å². The summed E-state index contributed by atoms with van der Waals surface area (Å²) in [6.07, 6.45) is -3.95. The first-order valence-corrected chi connectivity index (χ1v) is 18.7. The molecular formula is C35H44N7O11P. The van der Waals surface area contributed by atoms with Gasteiger partial charge < -0.3 is 34.1 Å². The maximum Gasteiger partial charge on any atom is 0.460 e. The largest absolute Gasteiger partial charge is 0.462 e. The minimum absolute atomic E-state index is 0.0610. The summed E-state index contributed by atoms with van der Waals surface area (Å²) in [7, 11) is -1.66. The number of benzene rings is 1. The normalized spacial score (nSPS) is 24.7. The third-order valence-corrected chi connectivity index (χ3v) is 10.4. The number of nitrogens with zero attached hydrogens (tertiary/aromatic N) is 5. The molecule has 1 amide bonds. The van der Waals surface area contributed by atoms with Gasteiger partial charge >= 0.3 is 25.7 Å². The first kappa shape index (κ1) is 40.1. The second kappa shape index (κ2) is 15.0. The van der Waals surface area contributed by atoms with Crippen LogP contribution in [-0.4, -0.2) is 93.0 Å². The summed E-state index contributed by atoms with van der Waals surface area (Å²) in [5.41, 5.74) is 2.52. The predicted molar refractivity (Wildman–Crippen MR) is 189 cm³/mol. The molecule has 5 rings (SSSR count). The van der Waals surface area contributed by atoms with Crippen LogP contribution in [0.5, 0.6) is 5.75 Å². The standard InChI is InChI=1S/C35H44N7O11P/c1-18(2)30(44)49-27-26(24-14-15-25-28(37)38-17-39-42(24)25)50-34(16-36)33(35(27,34)51-31(45)19(3)4)53-54(47,40-21(7)32(46)48-20(5)6)52-23-12-10-22(11-13-23)29(43)41(8)9/h10-15,17-21,26-27,33H,1-9H3,(H,40,47)(H2,37,38,39)/t21-,26-,27-,33?,34+,35+,54+/m0/s1. The number of fused-ring (bicyclic) bond motifs is 2. The van der Waals surface area contributed by atoms with Crippen molar-refractivity contribution in [2.45, 2.75) is 90.1 Å². The lowest BCUT2D eigenvalue weighted by molar-refractivity contribution is -0.181. The van der Waals surface area contributed by atoms with Gasteiger partial charge in [0.15, 0.2) is 18.0 Å². The highest BCUT2D eigenvalue weighted by Gasteiger charge is 2.95. The number of nitrogens with two attached hydrogens (primary N) is 1. The molecule has 0 bridgehead atoms. The van der Waals surface area contributed by atoms with Gasteiger partial charge in [0.05, 0.1) is 23.6 Å². The summed E-state index contributed by atoms with van der Waals surface area (Å²) >= 11 is 0. The molecule has 1 aromatic carbocycles. The lowest BCUT2D eigenvalue weighted by atomic mass is 10.0. The Balaban J connectivity index is 1.62. The van der Waals surface area contributed by atoms with Gasteiger partial charge in [0.2, 0.25) is 11.2 Å². The van der Waals surface area contributed by atoms with E-state index in [2.05, 4.69) is 15.2 Å². The zero-order valence-electron chi connectivity index (χ0n) is 31.3. The number of hydrogen-bond acceptors (Lipinski definition) is 15. The van der Waals surface area contributed by atoms with E-state index >= 15 is 0 Å². The van der Waals surface area contributed by atoms with E-state index in [9.17, 15) is 29.0 Å². The van der Waals surface area contributed by atoms with E-state index in [4.69, 9.17) is 33.7 Å².